The summed E-state index contributed by atoms with van der Waals surface area (Å²) in [4.78, 5) is 13.0. The molecule has 12 heteroatoms. The van der Waals surface area contributed by atoms with Crippen molar-refractivity contribution < 1.29 is 32.2 Å². The van der Waals surface area contributed by atoms with Crippen molar-refractivity contribution in [1.29, 1.82) is 0 Å². The second-order valence-corrected chi connectivity index (χ2v) is 12.5. The van der Waals surface area contributed by atoms with E-state index in [-0.39, 0.29) is 39.6 Å². The molecule has 1 aliphatic carbocycles. The van der Waals surface area contributed by atoms with Crippen LogP contribution in [-0.2, 0) is 23.0 Å². The van der Waals surface area contributed by atoms with E-state index in [1.54, 1.807) is 4.57 Å². The first-order chi connectivity index (χ1) is 17.3. The van der Waals surface area contributed by atoms with E-state index in [1.165, 1.54) is 13.0 Å². The minimum Gasteiger partial charge on any atom is -0.393 e. The summed E-state index contributed by atoms with van der Waals surface area (Å²) < 4.78 is 58.8. The number of anilines is 1. The van der Waals surface area contributed by atoms with Crippen LogP contribution >= 0.6 is 11.6 Å². The molecule has 37 heavy (non-hydrogen) atoms. The number of aliphatic hydroxyl groups is 2. The van der Waals surface area contributed by atoms with Gasteiger partial charge >= 0.3 is 0 Å². The third kappa shape index (κ3) is 5.70. The second-order valence-electron chi connectivity index (χ2n) is 10.5. The Kier molecular flexibility index (Phi) is 8.02. The topological polar surface area (TPSA) is 121 Å². The number of hydrogen-bond acceptors (Lipinski definition) is 5. The van der Waals surface area contributed by atoms with E-state index >= 15 is 0 Å². The number of rotatable bonds is 8. The smallest absolute Gasteiger partial charge is 0.273 e. The zero-order chi connectivity index (χ0) is 27.1. The van der Waals surface area contributed by atoms with Gasteiger partial charge in [-0.25, -0.2) is 21.9 Å². The highest BCUT2D eigenvalue weighted by Crippen LogP contribution is 2.40. The van der Waals surface area contributed by atoms with Crippen molar-refractivity contribution in [3.8, 4) is 0 Å². The molecule has 0 spiro atoms. The van der Waals surface area contributed by atoms with Gasteiger partial charge in [-0.1, -0.05) is 18.5 Å². The molecule has 1 aromatic heterocycles. The number of halogens is 3. The average molecular weight is 560 g/mol. The number of aromatic nitrogens is 1. The van der Waals surface area contributed by atoms with Gasteiger partial charge in [0, 0.05) is 30.0 Å². The Bertz CT molecular complexity index is 1300. The summed E-state index contributed by atoms with van der Waals surface area (Å²) >= 11 is 6.60. The van der Waals surface area contributed by atoms with Crippen LogP contribution in [0, 0.1) is 23.5 Å². The van der Waals surface area contributed by atoms with E-state index < -0.39 is 45.8 Å². The van der Waals surface area contributed by atoms with Crippen LogP contribution in [0.25, 0.3) is 0 Å². The lowest BCUT2D eigenvalue weighted by Gasteiger charge is -2.30. The van der Waals surface area contributed by atoms with Crippen LogP contribution < -0.4 is 10.0 Å². The molecule has 204 valence electrons. The highest BCUT2D eigenvalue weighted by Gasteiger charge is 2.42. The monoisotopic (exact) mass is 559 g/mol. The lowest BCUT2D eigenvalue weighted by molar-refractivity contribution is -0.0194. The predicted octanol–water partition coefficient (Wildman–Crippen LogP) is 3.83. The summed E-state index contributed by atoms with van der Waals surface area (Å²) in [6, 6.07) is 2.43. The van der Waals surface area contributed by atoms with Crippen LogP contribution in [0.15, 0.2) is 23.1 Å². The molecule has 0 radical (unpaired) electrons. The van der Waals surface area contributed by atoms with Gasteiger partial charge < -0.3 is 20.1 Å². The van der Waals surface area contributed by atoms with Gasteiger partial charge in [0.25, 0.3) is 5.91 Å². The molecule has 4 rings (SSSR count). The van der Waals surface area contributed by atoms with Crippen LogP contribution in [0.1, 0.15) is 62.1 Å². The average Bonchev–Trinajstić information content (AvgIpc) is 3.32. The maximum absolute atomic E-state index is 13.7. The van der Waals surface area contributed by atoms with Crippen LogP contribution in [0.2, 0.25) is 5.02 Å². The summed E-state index contributed by atoms with van der Waals surface area (Å²) in [7, 11) is -4.18. The Labute approximate surface area is 220 Å². The van der Waals surface area contributed by atoms with Gasteiger partial charge in [-0.15, -0.1) is 0 Å². The number of nitrogens with zero attached hydrogens (tertiary/aromatic N) is 1. The van der Waals surface area contributed by atoms with Crippen LogP contribution in [-0.4, -0.2) is 47.4 Å². The number of benzene rings is 1. The van der Waals surface area contributed by atoms with Crippen LogP contribution in [0.5, 0.6) is 0 Å². The normalized spacial score (nSPS) is 23.5. The molecule has 4 atom stereocenters. The number of hydrogen-bond donors (Lipinski definition) is 4. The number of carbonyl (C=O) groups is 1. The number of carbonyl (C=O) groups excluding carboxylic acids is 1. The van der Waals surface area contributed by atoms with Crippen LogP contribution in [0.4, 0.5) is 14.5 Å². The summed E-state index contributed by atoms with van der Waals surface area (Å²) in [5.74, 6) is -3.13. The summed E-state index contributed by atoms with van der Waals surface area (Å²) in [6.07, 6.45) is 3.50. The number of sulfonamides is 1. The molecule has 4 unspecified atom stereocenters. The zero-order valence-electron chi connectivity index (χ0n) is 20.7. The van der Waals surface area contributed by atoms with Gasteiger partial charge in [0.1, 0.15) is 10.6 Å². The number of aliphatic hydroxyl groups excluding tert-OH is 1. The SMILES string of the molecule is CC1CCC(CC(C)(O)CO)C1NS(=O)(=O)c1c(Cl)c(C(=O)Nc2ccc(F)c(F)c2)n2c1CCCC2. The molecular formula is C25H32ClF2N3O5S. The van der Waals surface area contributed by atoms with E-state index in [2.05, 4.69) is 10.0 Å². The maximum Gasteiger partial charge on any atom is 0.273 e. The molecule has 2 aliphatic rings. The Hall–Kier alpha value is -2.05. The Morgan fingerprint density at radius 3 is 2.65 bits per heavy atom. The number of amides is 1. The molecule has 1 fully saturated rings. The highest BCUT2D eigenvalue weighted by atomic mass is 35.5. The summed E-state index contributed by atoms with van der Waals surface area (Å²) in [5.41, 5.74) is -0.965. The van der Waals surface area contributed by atoms with Gasteiger partial charge in [0.2, 0.25) is 10.0 Å². The van der Waals surface area contributed by atoms with Gasteiger partial charge in [0.15, 0.2) is 11.6 Å². The van der Waals surface area contributed by atoms with Gasteiger partial charge in [-0.3, -0.25) is 4.79 Å². The van der Waals surface area contributed by atoms with Gasteiger partial charge in [0.05, 0.1) is 17.2 Å². The minimum absolute atomic E-state index is 0.00687. The first-order valence-corrected chi connectivity index (χ1v) is 14.2. The third-order valence-electron chi connectivity index (χ3n) is 7.42. The zero-order valence-corrected chi connectivity index (χ0v) is 22.3. The molecule has 8 nitrogen and oxygen atoms in total. The van der Waals surface area contributed by atoms with Crippen molar-refractivity contribution in [3.63, 3.8) is 0 Å². The van der Waals surface area contributed by atoms with Crippen molar-refractivity contribution in [2.75, 3.05) is 11.9 Å². The molecule has 1 saturated carbocycles. The fourth-order valence-corrected chi connectivity index (χ4v) is 7.89. The van der Waals surface area contributed by atoms with Crippen LogP contribution in [0.3, 0.4) is 0 Å². The van der Waals surface area contributed by atoms with E-state index in [1.807, 2.05) is 6.92 Å². The molecule has 1 aromatic carbocycles. The fraction of sp³-hybridized carbons (Fsp3) is 0.560. The Morgan fingerprint density at radius 2 is 1.97 bits per heavy atom. The number of nitrogens with one attached hydrogen (secondary N) is 2. The summed E-state index contributed by atoms with van der Waals surface area (Å²) in [5, 5.41) is 22.1. The molecule has 0 saturated heterocycles. The molecule has 2 heterocycles. The molecule has 1 aliphatic heterocycles. The second kappa shape index (κ2) is 10.6. The van der Waals surface area contributed by atoms with Gasteiger partial charge in [-0.2, -0.15) is 0 Å². The van der Waals surface area contributed by atoms with Crippen molar-refractivity contribution >= 4 is 33.2 Å². The Balaban J connectivity index is 1.67. The lowest BCUT2D eigenvalue weighted by Crippen LogP contribution is -2.44. The lowest BCUT2D eigenvalue weighted by atomic mass is 9.88. The third-order valence-corrected chi connectivity index (χ3v) is 9.46. The molecular weight excluding hydrogens is 528 g/mol. The van der Waals surface area contributed by atoms with Gasteiger partial charge in [-0.05, 0) is 69.4 Å². The highest BCUT2D eigenvalue weighted by molar-refractivity contribution is 7.89. The largest absolute Gasteiger partial charge is 0.393 e. The molecule has 2 aromatic rings. The standard InChI is InChI=1S/C25H32ClF2N3O5S/c1-14-6-7-15(12-25(2,34)13-32)21(14)30-37(35,36)23-19-5-3-4-10-31(19)22(20(23)26)24(33)29-16-8-9-17(27)18(28)11-16/h8-9,11,14-15,21,30,32,34H,3-7,10,12-13H2,1-2H3,(H,29,33). The maximum atomic E-state index is 13.7. The van der Waals surface area contributed by atoms with Crippen molar-refractivity contribution in [3.05, 3.63) is 46.2 Å². The minimum atomic E-state index is -4.18. The quantitative estimate of drug-likeness (QED) is 0.392. The summed E-state index contributed by atoms with van der Waals surface area (Å²) in [6.45, 7) is 3.39. The van der Waals surface area contributed by atoms with Crippen molar-refractivity contribution in [2.24, 2.45) is 11.8 Å². The molecule has 4 N–H and O–H groups in total. The first kappa shape index (κ1) is 28.0. The molecule has 0 bridgehead atoms. The predicted molar refractivity (Wildman–Crippen MR) is 135 cm³/mol. The van der Waals surface area contributed by atoms with Crippen molar-refractivity contribution in [1.82, 2.24) is 9.29 Å². The fourth-order valence-electron chi connectivity index (χ4n) is 5.54. The first-order valence-electron chi connectivity index (χ1n) is 12.4. The Morgan fingerprint density at radius 1 is 1.24 bits per heavy atom. The number of fused-ring (bicyclic) bond motifs is 1. The van der Waals surface area contributed by atoms with Crippen molar-refractivity contribution in [2.45, 2.75) is 75.5 Å². The van der Waals surface area contributed by atoms with E-state index in [0.29, 0.717) is 31.5 Å². The van der Waals surface area contributed by atoms with E-state index in [4.69, 9.17) is 11.6 Å². The molecule has 1 amide bonds. The van der Waals surface area contributed by atoms with E-state index in [0.717, 1.165) is 25.0 Å². The van der Waals surface area contributed by atoms with E-state index in [9.17, 15) is 32.2 Å².